The Kier molecular flexibility index (Phi) is 7.83. The van der Waals surface area contributed by atoms with Crippen molar-refractivity contribution in [1.82, 2.24) is 4.98 Å². The van der Waals surface area contributed by atoms with Crippen LogP contribution < -0.4 is 9.04 Å². The molecule has 0 saturated heterocycles. The number of ether oxygens (including phenoxy) is 1. The van der Waals surface area contributed by atoms with E-state index >= 15 is 0 Å². The number of hydrogen-bond acceptors (Lipinski definition) is 5. The third kappa shape index (κ3) is 6.38. The van der Waals surface area contributed by atoms with E-state index in [4.69, 9.17) is 9.84 Å². The Hall–Kier alpha value is -4.07. The molecule has 1 aliphatic heterocycles. The van der Waals surface area contributed by atoms with Crippen LogP contribution >= 0.6 is 0 Å². The van der Waals surface area contributed by atoms with Crippen molar-refractivity contribution in [2.75, 3.05) is 10.8 Å². The molecule has 0 spiro atoms. The first-order chi connectivity index (χ1) is 18.7. The molecule has 0 saturated carbocycles. The fourth-order valence-electron chi connectivity index (χ4n) is 4.03. The monoisotopic (exact) mass is 586 g/mol. The first-order valence-corrected chi connectivity index (χ1v) is 13.0. The number of carbonyl (C=O) groups is 1. The van der Waals surface area contributed by atoms with E-state index in [1.807, 2.05) is 0 Å². The molecule has 1 atom stereocenters. The van der Waals surface area contributed by atoms with Gasteiger partial charge in [-0.3, -0.25) is 14.1 Å². The van der Waals surface area contributed by atoms with Crippen molar-refractivity contribution in [3.05, 3.63) is 83.2 Å². The zero-order valence-electron chi connectivity index (χ0n) is 20.3. The van der Waals surface area contributed by atoms with Crippen LogP contribution in [0, 0.1) is 0 Å². The van der Waals surface area contributed by atoms with Gasteiger partial charge in [0.15, 0.2) is 5.69 Å². The summed E-state index contributed by atoms with van der Waals surface area (Å²) in [6.45, 7) is -0.410. The minimum Gasteiger partial charge on any atom is -0.486 e. The van der Waals surface area contributed by atoms with Gasteiger partial charge in [0.1, 0.15) is 11.9 Å². The van der Waals surface area contributed by atoms with E-state index in [1.54, 1.807) is 0 Å². The molecule has 0 radical (unpaired) electrons. The van der Waals surface area contributed by atoms with Gasteiger partial charge in [0.2, 0.25) is 0 Å². The van der Waals surface area contributed by atoms with Crippen LogP contribution in [0.2, 0.25) is 0 Å². The van der Waals surface area contributed by atoms with Gasteiger partial charge < -0.3 is 9.84 Å². The number of halogens is 6. The first kappa shape index (κ1) is 28.9. The second-order valence-corrected chi connectivity index (χ2v) is 10.6. The van der Waals surface area contributed by atoms with Crippen molar-refractivity contribution in [3.8, 4) is 5.75 Å². The molecule has 0 amide bonds. The molecule has 1 N–H and O–H groups in total. The molecule has 0 bridgehead atoms. The molecule has 212 valence electrons. The highest BCUT2D eigenvalue weighted by atomic mass is 32.2. The number of carboxylic acid groups (broad SMARTS) is 1. The topological polar surface area (TPSA) is 96.8 Å². The maximum atomic E-state index is 13.6. The summed E-state index contributed by atoms with van der Waals surface area (Å²) in [5.41, 5.74) is -2.37. The van der Waals surface area contributed by atoms with Crippen molar-refractivity contribution in [2.45, 2.75) is 36.2 Å². The quantitative estimate of drug-likeness (QED) is 0.336. The second-order valence-electron chi connectivity index (χ2n) is 8.73. The number of anilines is 1. The van der Waals surface area contributed by atoms with Gasteiger partial charge in [-0.1, -0.05) is 30.4 Å². The lowest BCUT2D eigenvalue weighted by molar-refractivity contribution is -0.141. The lowest BCUT2D eigenvalue weighted by Crippen LogP contribution is -2.43. The minimum absolute atomic E-state index is 0.00620. The summed E-state index contributed by atoms with van der Waals surface area (Å²) in [5, 5.41) is 9.03. The van der Waals surface area contributed by atoms with E-state index in [0.717, 1.165) is 34.8 Å². The molecule has 40 heavy (non-hydrogen) atoms. The standard InChI is InChI=1S/C26H20F6N2O5S/c27-25(28,29)18-4-1-5-20(14-18)40(37,38)34-15-19(9-11-23(35)36)39-22-10-7-16(13-21(22)34)6-8-17-3-2-12-33-24(17)26(30,31)32/h1-8,10,12-14,19H,9,11,15H2,(H,35,36)/b8-6+/t19-/m0/s1. The lowest BCUT2D eigenvalue weighted by atomic mass is 10.1. The number of fused-ring (bicyclic) bond motifs is 1. The van der Waals surface area contributed by atoms with E-state index in [-0.39, 0.29) is 35.4 Å². The smallest absolute Gasteiger partial charge is 0.433 e. The van der Waals surface area contributed by atoms with Gasteiger partial charge >= 0.3 is 18.3 Å². The Balaban J connectivity index is 1.76. The maximum absolute atomic E-state index is 13.6. The van der Waals surface area contributed by atoms with Gasteiger partial charge in [-0.2, -0.15) is 26.3 Å². The van der Waals surface area contributed by atoms with Gasteiger partial charge in [-0.25, -0.2) is 8.42 Å². The highest BCUT2D eigenvalue weighted by Crippen LogP contribution is 2.40. The molecule has 1 aromatic heterocycles. The van der Waals surface area contributed by atoms with Crippen LogP contribution in [0.5, 0.6) is 5.75 Å². The second kappa shape index (κ2) is 10.8. The molecule has 0 unspecified atom stereocenters. The van der Waals surface area contributed by atoms with Crippen molar-refractivity contribution in [3.63, 3.8) is 0 Å². The number of aliphatic carboxylic acids is 1. The Labute approximate surface area is 224 Å². The van der Waals surface area contributed by atoms with E-state index in [2.05, 4.69) is 4.98 Å². The number of aromatic nitrogens is 1. The molecule has 0 fully saturated rings. The number of hydrogen-bond donors (Lipinski definition) is 1. The highest BCUT2D eigenvalue weighted by Gasteiger charge is 2.37. The molecule has 1 aliphatic rings. The molecule has 3 aromatic rings. The van der Waals surface area contributed by atoms with Crippen molar-refractivity contribution < 1.29 is 49.4 Å². The van der Waals surface area contributed by atoms with E-state index < -0.39 is 57.1 Å². The third-order valence-electron chi connectivity index (χ3n) is 5.91. The van der Waals surface area contributed by atoms with Crippen LogP contribution in [0.15, 0.2) is 65.7 Å². The SMILES string of the molecule is O=C(O)CC[C@H]1CN(S(=O)(=O)c2cccc(C(F)(F)F)c2)c2cc(/C=C/c3cccnc3C(F)(F)F)ccc2O1. The Morgan fingerprint density at radius 2 is 1.77 bits per heavy atom. The fourth-order valence-corrected chi connectivity index (χ4v) is 5.58. The summed E-state index contributed by atoms with van der Waals surface area (Å²) in [6, 6.07) is 9.76. The largest absolute Gasteiger partial charge is 0.486 e. The van der Waals surface area contributed by atoms with Gasteiger partial charge in [-0.15, -0.1) is 0 Å². The number of nitrogens with zero attached hydrogens (tertiary/aromatic N) is 2. The van der Waals surface area contributed by atoms with Crippen LogP contribution in [0.1, 0.15) is 35.2 Å². The van der Waals surface area contributed by atoms with Crippen LogP contribution in [0.3, 0.4) is 0 Å². The Morgan fingerprint density at radius 3 is 2.45 bits per heavy atom. The highest BCUT2D eigenvalue weighted by molar-refractivity contribution is 7.92. The summed E-state index contributed by atoms with van der Waals surface area (Å²) < 4.78 is 114. The zero-order chi connectivity index (χ0) is 29.3. The van der Waals surface area contributed by atoms with Crippen LogP contribution in [0.4, 0.5) is 32.0 Å². The normalized spacial score (nSPS) is 16.1. The summed E-state index contributed by atoms with van der Waals surface area (Å²) in [5.74, 6) is -1.15. The molecule has 4 rings (SSSR count). The predicted molar refractivity (Wildman–Crippen MR) is 132 cm³/mol. The lowest BCUT2D eigenvalue weighted by Gasteiger charge is -2.35. The maximum Gasteiger partial charge on any atom is 0.433 e. The van der Waals surface area contributed by atoms with E-state index in [1.165, 1.54) is 36.4 Å². The molecule has 2 heterocycles. The van der Waals surface area contributed by atoms with Crippen molar-refractivity contribution in [1.29, 1.82) is 0 Å². The molecular formula is C26H20F6N2O5S. The Bertz CT molecular complexity index is 1550. The third-order valence-corrected chi connectivity index (χ3v) is 7.68. The first-order valence-electron chi connectivity index (χ1n) is 11.6. The zero-order valence-corrected chi connectivity index (χ0v) is 21.1. The van der Waals surface area contributed by atoms with Gasteiger partial charge in [0.25, 0.3) is 10.0 Å². The van der Waals surface area contributed by atoms with E-state index in [9.17, 15) is 39.6 Å². The number of alkyl halides is 6. The number of rotatable bonds is 7. The summed E-state index contributed by atoms with van der Waals surface area (Å²) in [6.07, 6.45) is -7.48. The molecule has 7 nitrogen and oxygen atoms in total. The molecular weight excluding hydrogens is 566 g/mol. The predicted octanol–water partition coefficient (Wildman–Crippen LogP) is 6.11. The minimum atomic E-state index is -4.81. The number of sulfonamides is 1. The van der Waals surface area contributed by atoms with Crippen molar-refractivity contribution >= 4 is 33.8 Å². The van der Waals surface area contributed by atoms with Crippen molar-refractivity contribution in [2.24, 2.45) is 0 Å². The molecule has 14 heteroatoms. The Morgan fingerprint density at radius 1 is 1.02 bits per heavy atom. The summed E-state index contributed by atoms with van der Waals surface area (Å²) in [7, 11) is -4.62. The number of carboxylic acids is 1. The van der Waals surface area contributed by atoms with E-state index in [0.29, 0.717) is 6.07 Å². The van der Waals surface area contributed by atoms with Crippen LogP contribution in [-0.2, 0) is 27.2 Å². The van der Waals surface area contributed by atoms with Crippen LogP contribution in [-0.4, -0.2) is 37.1 Å². The fraction of sp³-hybridized carbons (Fsp3) is 0.231. The number of benzene rings is 2. The van der Waals surface area contributed by atoms with Gasteiger partial charge in [-0.05, 0) is 48.4 Å². The average Bonchev–Trinajstić information content (AvgIpc) is 2.89. The molecule has 2 aromatic carbocycles. The van der Waals surface area contributed by atoms with Crippen LogP contribution in [0.25, 0.3) is 12.2 Å². The summed E-state index contributed by atoms with van der Waals surface area (Å²) in [4.78, 5) is 13.8. The number of pyridine rings is 1. The average molecular weight is 587 g/mol. The summed E-state index contributed by atoms with van der Waals surface area (Å²) >= 11 is 0. The van der Waals surface area contributed by atoms with Gasteiger partial charge in [0.05, 0.1) is 22.7 Å². The molecule has 0 aliphatic carbocycles. The van der Waals surface area contributed by atoms with Gasteiger partial charge in [0, 0.05) is 18.2 Å².